The van der Waals surface area contributed by atoms with Gasteiger partial charge in [-0.3, -0.25) is 4.79 Å². The van der Waals surface area contributed by atoms with Crippen molar-refractivity contribution in [2.24, 2.45) is 0 Å². The lowest BCUT2D eigenvalue weighted by atomic mass is 9.84. The Bertz CT molecular complexity index is 382. The molecule has 0 heterocycles. The van der Waals surface area contributed by atoms with Crippen molar-refractivity contribution < 1.29 is 9.53 Å². The van der Waals surface area contributed by atoms with Crippen molar-refractivity contribution in [3.63, 3.8) is 0 Å². The fourth-order valence-electron chi connectivity index (χ4n) is 1.82. The molecule has 1 N–H and O–H groups in total. The first kappa shape index (κ1) is 14.7. The molecule has 0 aliphatic rings. The molecule has 0 atom stereocenters. The molecule has 0 bridgehead atoms. The second-order valence-corrected chi connectivity index (χ2v) is 4.99. The number of nitrogens with one attached hydrogen (secondary N) is 1. The number of hydrogen-bond acceptors (Lipinski definition) is 3. The lowest BCUT2D eigenvalue weighted by Gasteiger charge is -2.22. The SMILES string of the molecule is CCCNCc1ccc(C(C)(C)C(=O)OC)cc1. The Balaban J connectivity index is 2.73. The Kier molecular flexibility index (Phi) is 5.35. The smallest absolute Gasteiger partial charge is 0.315 e. The monoisotopic (exact) mass is 249 g/mol. The van der Waals surface area contributed by atoms with Gasteiger partial charge in [-0.2, -0.15) is 0 Å². The van der Waals surface area contributed by atoms with E-state index >= 15 is 0 Å². The molecule has 0 aliphatic carbocycles. The third-order valence-electron chi connectivity index (χ3n) is 3.13. The number of rotatable bonds is 6. The summed E-state index contributed by atoms with van der Waals surface area (Å²) in [4.78, 5) is 11.7. The van der Waals surface area contributed by atoms with Gasteiger partial charge in [0.1, 0.15) is 0 Å². The molecule has 0 unspecified atom stereocenters. The topological polar surface area (TPSA) is 38.3 Å². The molecule has 1 aromatic carbocycles. The molecule has 1 rings (SSSR count). The van der Waals surface area contributed by atoms with E-state index in [0.29, 0.717) is 0 Å². The van der Waals surface area contributed by atoms with Crippen LogP contribution in [0.2, 0.25) is 0 Å². The molecule has 3 heteroatoms. The van der Waals surface area contributed by atoms with Crippen LogP contribution in [0.3, 0.4) is 0 Å². The van der Waals surface area contributed by atoms with Crippen LogP contribution in [0, 0.1) is 0 Å². The van der Waals surface area contributed by atoms with Gasteiger partial charge in [0.2, 0.25) is 0 Å². The van der Waals surface area contributed by atoms with E-state index in [1.165, 1.54) is 12.7 Å². The predicted molar refractivity (Wildman–Crippen MR) is 73.5 cm³/mol. The molecule has 0 saturated heterocycles. The zero-order valence-electron chi connectivity index (χ0n) is 11.7. The average Bonchev–Trinajstić information content (AvgIpc) is 2.38. The van der Waals surface area contributed by atoms with Gasteiger partial charge in [-0.15, -0.1) is 0 Å². The Labute approximate surface area is 110 Å². The van der Waals surface area contributed by atoms with Crippen LogP contribution in [0.4, 0.5) is 0 Å². The standard InChI is InChI=1S/C15H23NO2/c1-5-10-16-11-12-6-8-13(9-7-12)15(2,3)14(17)18-4/h6-9,16H,5,10-11H2,1-4H3. The van der Waals surface area contributed by atoms with E-state index in [9.17, 15) is 4.79 Å². The van der Waals surface area contributed by atoms with E-state index in [2.05, 4.69) is 24.4 Å². The molecule has 0 fully saturated rings. The van der Waals surface area contributed by atoms with Crippen LogP contribution in [0.5, 0.6) is 0 Å². The first-order chi connectivity index (χ1) is 8.52. The number of methoxy groups -OCH3 is 1. The summed E-state index contributed by atoms with van der Waals surface area (Å²) >= 11 is 0. The maximum atomic E-state index is 11.7. The summed E-state index contributed by atoms with van der Waals surface area (Å²) in [6.45, 7) is 7.80. The Morgan fingerprint density at radius 1 is 1.28 bits per heavy atom. The van der Waals surface area contributed by atoms with E-state index in [-0.39, 0.29) is 5.97 Å². The van der Waals surface area contributed by atoms with E-state index in [1.54, 1.807) is 0 Å². The summed E-state index contributed by atoms with van der Waals surface area (Å²) in [5.41, 5.74) is 1.62. The summed E-state index contributed by atoms with van der Waals surface area (Å²) in [5, 5.41) is 3.35. The van der Waals surface area contributed by atoms with Gasteiger partial charge in [0.25, 0.3) is 0 Å². The lowest BCUT2D eigenvalue weighted by Crippen LogP contribution is -2.30. The summed E-state index contributed by atoms with van der Waals surface area (Å²) in [5.74, 6) is -0.209. The average molecular weight is 249 g/mol. The highest BCUT2D eigenvalue weighted by Gasteiger charge is 2.30. The summed E-state index contributed by atoms with van der Waals surface area (Å²) in [7, 11) is 1.42. The van der Waals surface area contributed by atoms with Gasteiger partial charge in [0, 0.05) is 6.54 Å². The third kappa shape index (κ3) is 3.57. The van der Waals surface area contributed by atoms with Crippen molar-refractivity contribution in [1.29, 1.82) is 0 Å². The van der Waals surface area contributed by atoms with Crippen molar-refractivity contribution in [3.8, 4) is 0 Å². The molecule has 0 amide bonds. The minimum atomic E-state index is -0.593. The zero-order chi connectivity index (χ0) is 13.6. The highest BCUT2D eigenvalue weighted by Crippen LogP contribution is 2.24. The van der Waals surface area contributed by atoms with Crippen LogP contribution in [0.15, 0.2) is 24.3 Å². The van der Waals surface area contributed by atoms with Crippen molar-refractivity contribution in [3.05, 3.63) is 35.4 Å². The maximum Gasteiger partial charge on any atom is 0.315 e. The minimum Gasteiger partial charge on any atom is -0.468 e. The largest absolute Gasteiger partial charge is 0.468 e. The lowest BCUT2D eigenvalue weighted by molar-refractivity contribution is -0.146. The van der Waals surface area contributed by atoms with Crippen LogP contribution >= 0.6 is 0 Å². The number of esters is 1. The molecule has 1 aromatic rings. The van der Waals surface area contributed by atoms with E-state index in [4.69, 9.17) is 4.74 Å². The molecular weight excluding hydrogens is 226 g/mol. The maximum absolute atomic E-state index is 11.7. The van der Waals surface area contributed by atoms with Crippen molar-refractivity contribution >= 4 is 5.97 Å². The van der Waals surface area contributed by atoms with Crippen LogP contribution in [0.25, 0.3) is 0 Å². The number of ether oxygens (including phenoxy) is 1. The number of carbonyl (C=O) groups excluding carboxylic acids is 1. The van der Waals surface area contributed by atoms with Gasteiger partial charge < -0.3 is 10.1 Å². The number of hydrogen-bond donors (Lipinski definition) is 1. The number of carbonyl (C=O) groups is 1. The van der Waals surface area contributed by atoms with E-state index in [0.717, 1.165) is 25.1 Å². The summed E-state index contributed by atoms with van der Waals surface area (Å²) in [6.07, 6.45) is 1.13. The first-order valence-corrected chi connectivity index (χ1v) is 6.41. The second kappa shape index (κ2) is 6.55. The molecule has 0 aromatic heterocycles. The molecule has 0 spiro atoms. The third-order valence-corrected chi connectivity index (χ3v) is 3.13. The van der Waals surface area contributed by atoms with Crippen molar-refractivity contribution in [2.45, 2.75) is 39.2 Å². The van der Waals surface area contributed by atoms with Gasteiger partial charge in [-0.25, -0.2) is 0 Å². The van der Waals surface area contributed by atoms with Crippen LogP contribution in [-0.2, 0) is 21.5 Å². The molecule has 100 valence electrons. The van der Waals surface area contributed by atoms with Crippen LogP contribution in [0.1, 0.15) is 38.3 Å². The number of benzene rings is 1. The van der Waals surface area contributed by atoms with E-state index in [1.807, 2.05) is 26.0 Å². The van der Waals surface area contributed by atoms with Gasteiger partial charge in [0.15, 0.2) is 0 Å². The fourth-order valence-corrected chi connectivity index (χ4v) is 1.82. The highest BCUT2D eigenvalue weighted by molar-refractivity contribution is 5.82. The Hall–Kier alpha value is -1.35. The second-order valence-electron chi connectivity index (χ2n) is 4.99. The van der Waals surface area contributed by atoms with Crippen LogP contribution < -0.4 is 5.32 Å². The molecular formula is C15H23NO2. The molecule has 18 heavy (non-hydrogen) atoms. The quantitative estimate of drug-likeness (QED) is 0.622. The van der Waals surface area contributed by atoms with Gasteiger partial charge in [-0.1, -0.05) is 31.2 Å². The Morgan fingerprint density at radius 3 is 2.39 bits per heavy atom. The first-order valence-electron chi connectivity index (χ1n) is 6.41. The molecule has 0 aliphatic heterocycles. The normalized spacial score (nSPS) is 11.3. The highest BCUT2D eigenvalue weighted by atomic mass is 16.5. The van der Waals surface area contributed by atoms with Crippen molar-refractivity contribution in [1.82, 2.24) is 5.32 Å². The Morgan fingerprint density at radius 2 is 1.89 bits per heavy atom. The molecule has 0 saturated carbocycles. The van der Waals surface area contributed by atoms with Gasteiger partial charge >= 0.3 is 5.97 Å². The van der Waals surface area contributed by atoms with E-state index < -0.39 is 5.41 Å². The van der Waals surface area contributed by atoms with Crippen LogP contribution in [-0.4, -0.2) is 19.6 Å². The molecule has 3 nitrogen and oxygen atoms in total. The zero-order valence-corrected chi connectivity index (χ0v) is 11.7. The molecule has 0 radical (unpaired) electrons. The van der Waals surface area contributed by atoms with Gasteiger partial charge in [0.05, 0.1) is 12.5 Å². The minimum absolute atomic E-state index is 0.209. The fraction of sp³-hybridized carbons (Fsp3) is 0.533. The van der Waals surface area contributed by atoms with Crippen molar-refractivity contribution in [2.75, 3.05) is 13.7 Å². The van der Waals surface area contributed by atoms with Gasteiger partial charge in [-0.05, 0) is 37.9 Å². The summed E-state index contributed by atoms with van der Waals surface area (Å²) < 4.78 is 4.83. The predicted octanol–water partition coefficient (Wildman–Crippen LogP) is 2.64. The summed E-state index contributed by atoms with van der Waals surface area (Å²) in [6, 6.07) is 8.12.